The summed E-state index contributed by atoms with van der Waals surface area (Å²) in [6, 6.07) is 6.80. The van der Waals surface area contributed by atoms with E-state index < -0.39 is 0 Å². The molecule has 1 aliphatic carbocycles. The third-order valence-corrected chi connectivity index (χ3v) is 7.00. The second kappa shape index (κ2) is 8.73. The van der Waals surface area contributed by atoms with E-state index in [2.05, 4.69) is 15.9 Å². The Bertz CT molecular complexity index is 686. The summed E-state index contributed by atoms with van der Waals surface area (Å²) in [5.41, 5.74) is 1.11. The number of amides is 1. The van der Waals surface area contributed by atoms with Crippen molar-refractivity contribution >= 4 is 5.91 Å². The molecule has 0 N–H and O–H groups in total. The first-order valence-corrected chi connectivity index (χ1v) is 11.0. The first kappa shape index (κ1) is 19.6. The van der Waals surface area contributed by atoms with Crippen molar-refractivity contribution in [2.24, 2.45) is 5.92 Å². The lowest BCUT2D eigenvalue weighted by atomic mass is 9.94. The normalized spacial score (nSPS) is 26.6. The van der Waals surface area contributed by atoms with Gasteiger partial charge in [-0.25, -0.2) is 0 Å². The van der Waals surface area contributed by atoms with E-state index >= 15 is 0 Å². The van der Waals surface area contributed by atoms with Gasteiger partial charge in [-0.1, -0.05) is 19.3 Å². The van der Waals surface area contributed by atoms with Crippen molar-refractivity contribution < 1.29 is 14.3 Å². The predicted octanol–water partition coefficient (Wildman–Crippen LogP) is 4.02. The van der Waals surface area contributed by atoms with Crippen LogP contribution in [0.5, 0.6) is 11.5 Å². The van der Waals surface area contributed by atoms with Gasteiger partial charge in [-0.05, 0) is 50.8 Å². The molecule has 1 saturated carbocycles. The molecule has 0 unspecified atom stereocenters. The number of benzene rings is 1. The third-order valence-electron chi connectivity index (χ3n) is 7.00. The van der Waals surface area contributed by atoms with Crippen LogP contribution in [0.3, 0.4) is 0 Å². The second-order valence-electron chi connectivity index (χ2n) is 8.57. The molecule has 5 heteroatoms. The van der Waals surface area contributed by atoms with Crippen LogP contribution in [0.15, 0.2) is 18.2 Å². The highest BCUT2D eigenvalue weighted by Gasteiger charge is 2.39. The van der Waals surface area contributed by atoms with Crippen LogP contribution < -0.4 is 9.47 Å². The Morgan fingerprint density at radius 2 is 1.79 bits per heavy atom. The van der Waals surface area contributed by atoms with Gasteiger partial charge in [0.1, 0.15) is 11.5 Å². The first-order valence-electron chi connectivity index (χ1n) is 11.0. The zero-order valence-corrected chi connectivity index (χ0v) is 17.4. The average Bonchev–Trinajstić information content (AvgIpc) is 3.43. The summed E-state index contributed by atoms with van der Waals surface area (Å²) in [6.07, 6.45) is 9.80. The maximum absolute atomic E-state index is 13.4. The SMILES string of the molecule is COc1ccc([C@H]2CCCN2C(=O)[C@H]2CCN(C3CCCCC3)C2)c(OC)c1. The van der Waals surface area contributed by atoms with Crippen LogP contribution in [0.1, 0.15) is 63.0 Å². The molecule has 4 rings (SSSR count). The van der Waals surface area contributed by atoms with Crippen molar-refractivity contribution in [3.63, 3.8) is 0 Å². The smallest absolute Gasteiger partial charge is 0.227 e. The van der Waals surface area contributed by atoms with E-state index in [4.69, 9.17) is 9.47 Å². The zero-order chi connectivity index (χ0) is 19.5. The van der Waals surface area contributed by atoms with Crippen molar-refractivity contribution in [2.45, 2.75) is 63.5 Å². The van der Waals surface area contributed by atoms with Crippen molar-refractivity contribution in [3.8, 4) is 11.5 Å². The molecule has 1 aromatic rings. The van der Waals surface area contributed by atoms with E-state index in [1.165, 1.54) is 32.1 Å². The molecule has 2 saturated heterocycles. The minimum Gasteiger partial charge on any atom is -0.497 e. The zero-order valence-electron chi connectivity index (χ0n) is 17.4. The third kappa shape index (κ3) is 3.86. The maximum Gasteiger partial charge on any atom is 0.227 e. The molecule has 5 nitrogen and oxygen atoms in total. The van der Waals surface area contributed by atoms with Gasteiger partial charge in [0.2, 0.25) is 5.91 Å². The number of hydrogen-bond acceptors (Lipinski definition) is 4. The second-order valence-corrected chi connectivity index (χ2v) is 8.57. The highest BCUT2D eigenvalue weighted by atomic mass is 16.5. The Kier molecular flexibility index (Phi) is 6.10. The van der Waals surface area contributed by atoms with E-state index in [0.717, 1.165) is 56.0 Å². The van der Waals surface area contributed by atoms with Crippen LogP contribution in [0.4, 0.5) is 0 Å². The number of likely N-dealkylation sites (tertiary alicyclic amines) is 2. The Morgan fingerprint density at radius 1 is 0.964 bits per heavy atom. The van der Waals surface area contributed by atoms with Gasteiger partial charge in [-0.15, -0.1) is 0 Å². The highest BCUT2D eigenvalue weighted by molar-refractivity contribution is 5.80. The highest BCUT2D eigenvalue weighted by Crippen LogP contribution is 2.40. The van der Waals surface area contributed by atoms with Gasteiger partial charge in [-0.3, -0.25) is 9.69 Å². The van der Waals surface area contributed by atoms with Gasteiger partial charge in [0.05, 0.1) is 26.2 Å². The Labute approximate surface area is 169 Å². The molecule has 3 aliphatic rings. The molecular weight excluding hydrogens is 352 g/mol. The summed E-state index contributed by atoms with van der Waals surface area (Å²) in [5.74, 6) is 2.11. The number of ether oxygens (including phenoxy) is 2. The molecule has 0 bridgehead atoms. The molecule has 154 valence electrons. The lowest BCUT2D eigenvalue weighted by Gasteiger charge is -2.32. The summed E-state index contributed by atoms with van der Waals surface area (Å²) in [4.78, 5) is 18.1. The largest absolute Gasteiger partial charge is 0.497 e. The fourth-order valence-corrected chi connectivity index (χ4v) is 5.45. The minimum absolute atomic E-state index is 0.122. The molecule has 0 radical (unpaired) electrons. The van der Waals surface area contributed by atoms with Crippen LogP contribution in [0.25, 0.3) is 0 Å². The molecule has 2 aliphatic heterocycles. The lowest BCUT2D eigenvalue weighted by Crippen LogP contribution is -2.39. The number of carbonyl (C=O) groups excluding carboxylic acids is 1. The summed E-state index contributed by atoms with van der Waals surface area (Å²) in [7, 11) is 3.36. The van der Waals surface area contributed by atoms with Crippen molar-refractivity contribution in [3.05, 3.63) is 23.8 Å². The predicted molar refractivity (Wildman–Crippen MR) is 110 cm³/mol. The molecule has 0 aromatic heterocycles. The fourth-order valence-electron chi connectivity index (χ4n) is 5.45. The number of rotatable bonds is 5. The number of hydrogen-bond donors (Lipinski definition) is 0. The maximum atomic E-state index is 13.4. The van der Waals surface area contributed by atoms with Crippen molar-refractivity contribution in [1.82, 2.24) is 9.80 Å². The molecule has 3 fully saturated rings. The van der Waals surface area contributed by atoms with Crippen molar-refractivity contribution in [1.29, 1.82) is 0 Å². The minimum atomic E-state index is 0.122. The van der Waals surface area contributed by atoms with Gasteiger partial charge in [0, 0.05) is 30.8 Å². The van der Waals surface area contributed by atoms with Crippen LogP contribution in [-0.4, -0.2) is 55.6 Å². The number of carbonyl (C=O) groups is 1. The van der Waals surface area contributed by atoms with Crippen LogP contribution >= 0.6 is 0 Å². The van der Waals surface area contributed by atoms with Crippen LogP contribution in [-0.2, 0) is 4.79 Å². The van der Waals surface area contributed by atoms with E-state index in [-0.39, 0.29) is 12.0 Å². The number of nitrogens with zero attached hydrogens (tertiary/aromatic N) is 2. The monoisotopic (exact) mass is 386 g/mol. The molecule has 2 atom stereocenters. The Morgan fingerprint density at radius 3 is 2.54 bits per heavy atom. The van der Waals surface area contributed by atoms with E-state index in [1.807, 2.05) is 12.1 Å². The molecule has 1 aromatic carbocycles. The van der Waals surface area contributed by atoms with Gasteiger partial charge in [-0.2, -0.15) is 0 Å². The van der Waals surface area contributed by atoms with Gasteiger partial charge in [0.15, 0.2) is 0 Å². The summed E-state index contributed by atoms with van der Waals surface area (Å²) in [6.45, 7) is 2.90. The first-order chi connectivity index (χ1) is 13.7. The standard InChI is InChI=1S/C23H34N2O3/c1-27-19-10-11-20(22(15-19)28-2)21-9-6-13-25(21)23(26)17-12-14-24(16-17)18-7-4-3-5-8-18/h10-11,15,17-18,21H,3-9,12-14,16H2,1-2H3/t17-,21+/m0/s1. The quantitative estimate of drug-likeness (QED) is 0.766. The molecule has 28 heavy (non-hydrogen) atoms. The molecule has 2 heterocycles. The molecular formula is C23H34N2O3. The Balaban J connectivity index is 1.45. The van der Waals surface area contributed by atoms with Crippen molar-refractivity contribution in [2.75, 3.05) is 33.9 Å². The van der Waals surface area contributed by atoms with E-state index in [1.54, 1.807) is 14.2 Å². The summed E-state index contributed by atoms with van der Waals surface area (Å²) in [5, 5.41) is 0. The fraction of sp³-hybridized carbons (Fsp3) is 0.696. The topological polar surface area (TPSA) is 42.0 Å². The molecule has 1 amide bonds. The van der Waals surface area contributed by atoms with Gasteiger partial charge < -0.3 is 14.4 Å². The van der Waals surface area contributed by atoms with Gasteiger partial charge in [0.25, 0.3) is 0 Å². The average molecular weight is 387 g/mol. The van der Waals surface area contributed by atoms with E-state index in [0.29, 0.717) is 11.9 Å². The van der Waals surface area contributed by atoms with Gasteiger partial charge >= 0.3 is 0 Å². The van der Waals surface area contributed by atoms with E-state index in [9.17, 15) is 4.79 Å². The van der Waals surface area contributed by atoms with Crippen LogP contribution in [0, 0.1) is 5.92 Å². The Hall–Kier alpha value is -1.75. The lowest BCUT2D eigenvalue weighted by molar-refractivity contribution is -0.136. The van der Waals surface area contributed by atoms with Crippen LogP contribution in [0.2, 0.25) is 0 Å². The summed E-state index contributed by atoms with van der Waals surface area (Å²) >= 11 is 0. The molecule has 0 spiro atoms. The number of methoxy groups -OCH3 is 2. The summed E-state index contributed by atoms with van der Waals surface area (Å²) < 4.78 is 11.0.